The van der Waals surface area contributed by atoms with Crippen LogP contribution in [0.15, 0.2) is 18.2 Å². The summed E-state index contributed by atoms with van der Waals surface area (Å²) in [4.78, 5) is 13.7. The molecular formula is C16H23NO3. The molecule has 0 saturated carbocycles. The molecule has 1 aliphatic heterocycles. The summed E-state index contributed by atoms with van der Waals surface area (Å²) < 4.78 is 5.26. The van der Waals surface area contributed by atoms with E-state index in [-0.39, 0.29) is 0 Å². The molecule has 0 aliphatic carbocycles. The zero-order valence-corrected chi connectivity index (χ0v) is 12.5. The van der Waals surface area contributed by atoms with Gasteiger partial charge in [-0.15, -0.1) is 0 Å². The van der Waals surface area contributed by atoms with Crippen molar-refractivity contribution in [3.05, 3.63) is 29.3 Å². The van der Waals surface area contributed by atoms with E-state index in [1.807, 2.05) is 19.9 Å². The maximum atomic E-state index is 11.4. The van der Waals surface area contributed by atoms with Crippen molar-refractivity contribution in [3.63, 3.8) is 0 Å². The minimum atomic E-state index is -0.659. The van der Waals surface area contributed by atoms with Crippen molar-refractivity contribution in [2.45, 2.75) is 33.2 Å². The zero-order valence-electron chi connectivity index (χ0n) is 12.5. The molecule has 110 valence electrons. The third-order valence-corrected chi connectivity index (χ3v) is 4.43. The molecule has 1 unspecified atom stereocenters. The number of hydrogen-bond acceptors (Lipinski definition) is 3. The average molecular weight is 277 g/mol. The second-order valence-electron chi connectivity index (χ2n) is 5.70. The summed E-state index contributed by atoms with van der Waals surface area (Å²) in [7, 11) is 1.67. The van der Waals surface area contributed by atoms with Gasteiger partial charge in [0.25, 0.3) is 0 Å². The van der Waals surface area contributed by atoms with Crippen molar-refractivity contribution < 1.29 is 14.6 Å². The summed E-state index contributed by atoms with van der Waals surface area (Å²) >= 11 is 0. The maximum Gasteiger partial charge on any atom is 0.310 e. The molecule has 1 aromatic rings. The number of benzene rings is 1. The van der Waals surface area contributed by atoms with Crippen molar-refractivity contribution in [3.8, 4) is 5.75 Å². The Hall–Kier alpha value is -1.55. The molecule has 4 heteroatoms. The Labute approximate surface area is 120 Å². The van der Waals surface area contributed by atoms with Gasteiger partial charge in [-0.3, -0.25) is 9.69 Å². The third-order valence-electron chi connectivity index (χ3n) is 4.43. The van der Waals surface area contributed by atoms with Gasteiger partial charge in [0.05, 0.1) is 12.5 Å². The van der Waals surface area contributed by atoms with E-state index in [4.69, 9.17) is 4.74 Å². The van der Waals surface area contributed by atoms with E-state index >= 15 is 0 Å². The van der Waals surface area contributed by atoms with E-state index in [1.54, 1.807) is 7.11 Å². The van der Waals surface area contributed by atoms with Gasteiger partial charge in [0.15, 0.2) is 0 Å². The minimum Gasteiger partial charge on any atom is -0.496 e. The van der Waals surface area contributed by atoms with Gasteiger partial charge in [-0.25, -0.2) is 0 Å². The topological polar surface area (TPSA) is 49.8 Å². The molecule has 1 saturated heterocycles. The fraction of sp³-hybridized carbons (Fsp3) is 0.562. The first kappa shape index (κ1) is 14.9. The van der Waals surface area contributed by atoms with E-state index in [0.717, 1.165) is 30.8 Å². The van der Waals surface area contributed by atoms with Crippen LogP contribution in [0, 0.1) is 12.3 Å². The summed E-state index contributed by atoms with van der Waals surface area (Å²) in [6, 6.07) is 6.15. The molecule has 1 heterocycles. The lowest BCUT2D eigenvalue weighted by atomic mass is 9.84. The van der Waals surface area contributed by atoms with Crippen LogP contribution < -0.4 is 4.74 Å². The van der Waals surface area contributed by atoms with Crippen molar-refractivity contribution in [2.75, 3.05) is 20.2 Å². The summed E-state index contributed by atoms with van der Waals surface area (Å²) in [6.07, 6.45) is 1.44. The monoisotopic (exact) mass is 277 g/mol. The molecular weight excluding hydrogens is 254 g/mol. The molecule has 4 nitrogen and oxygen atoms in total. The average Bonchev–Trinajstić information content (AvgIpc) is 2.84. The fourth-order valence-electron chi connectivity index (χ4n) is 3.00. The highest BCUT2D eigenvalue weighted by molar-refractivity contribution is 5.75. The molecule has 2 rings (SSSR count). The van der Waals surface area contributed by atoms with Gasteiger partial charge in [0.2, 0.25) is 0 Å². The Bertz CT molecular complexity index is 500. The number of carboxylic acid groups (broad SMARTS) is 1. The first-order valence-electron chi connectivity index (χ1n) is 7.10. The SMILES string of the molecule is CCC1(C(=O)O)CCN(Cc2ccc(OC)c(C)c2)C1. The summed E-state index contributed by atoms with van der Waals surface area (Å²) in [5, 5.41) is 9.42. The maximum absolute atomic E-state index is 11.4. The zero-order chi connectivity index (χ0) is 14.8. The van der Waals surface area contributed by atoms with Gasteiger partial charge in [-0.1, -0.05) is 19.1 Å². The number of ether oxygens (including phenoxy) is 1. The summed E-state index contributed by atoms with van der Waals surface area (Å²) in [5.74, 6) is 0.233. The molecule has 1 aromatic carbocycles. The van der Waals surface area contributed by atoms with Crippen LogP contribution in [0.3, 0.4) is 0 Å². The number of nitrogens with zero attached hydrogens (tertiary/aromatic N) is 1. The quantitative estimate of drug-likeness (QED) is 0.899. The molecule has 20 heavy (non-hydrogen) atoms. The molecule has 0 bridgehead atoms. The van der Waals surface area contributed by atoms with E-state index in [0.29, 0.717) is 13.0 Å². The lowest BCUT2D eigenvalue weighted by molar-refractivity contribution is -0.148. The van der Waals surface area contributed by atoms with Gasteiger partial charge in [-0.05, 0) is 43.5 Å². The van der Waals surface area contributed by atoms with E-state index in [9.17, 15) is 9.90 Å². The lowest BCUT2D eigenvalue weighted by Gasteiger charge is -2.23. The number of methoxy groups -OCH3 is 1. The Balaban J connectivity index is 2.05. The number of carbonyl (C=O) groups is 1. The van der Waals surface area contributed by atoms with Crippen LogP contribution in [-0.4, -0.2) is 36.2 Å². The van der Waals surface area contributed by atoms with Gasteiger partial charge in [0.1, 0.15) is 5.75 Å². The van der Waals surface area contributed by atoms with Gasteiger partial charge in [-0.2, -0.15) is 0 Å². The van der Waals surface area contributed by atoms with Crippen LogP contribution in [0.5, 0.6) is 5.75 Å². The third kappa shape index (κ3) is 2.80. The molecule has 1 atom stereocenters. The molecule has 1 N–H and O–H groups in total. The predicted octanol–water partition coefficient (Wildman–Crippen LogP) is 2.69. The highest BCUT2D eigenvalue weighted by Gasteiger charge is 2.42. The Morgan fingerprint density at radius 3 is 2.75 bits per heavy atom. The van der Waals surface area contributed by atoms with Crippen molar-refractivity contribution in [1.82, 2.24) is 4.90 Å². The Morgan fingerprint density at radius 2 is 2.25 bits per heavy atom. The molecule has 0 radical (unpaired) electrons. The summed E-state index contributed by atoms with van der Waals surface area (Å²) in [6.45, 7) is 6.30. The predicted molar refractivity (Wildman–Crippen MR) is 78.0 cm³/mol. The second-order valence-corrected chi connectivity index (χ2v) is 5.70. The van der Waals surface area contributed by atoms with E-state index in [2.05, 4.69) is 17.0 Å². The van der Waals surface area contributed by atoms with Crippen LogP contribution in [-0.2, 0) is 11.3 Å². The number of hydrogen-bond donors (Lipinski definition) is 1. The second kappa shape index (κ2) is 5.83. The molecule has 0 aromatic heterocycles. The van der Waals surface area contributed by atoms with Crippen LogP contribution in [0.4, 0.5) is 0 Å². The highest BCUT2D eigenvalue weighted by atomic mass is 16.5. The van der Waals surface area contributed by atoms with Gasteiger partial charge < -0.3 is 9.84 Å². The van der Waals surface area contributed by atoms with Crippen LogP contribution in [0.25, 0.3) is 0 Å². The first-order chi connectivity index (χ1) is 9.50. The molecule has 0 spiro atoms. The first-order valence-corrected chi connectivity index (χ1v) is 7.10. The highest BCUT2D eigenvalue weighted by Crippen LogP contribution is 2.35. The minimum absolute atomic E-state index is 0.554. The number of aliphatic carboxylic acids is 1. The number of aryl methyl sites for hydroxylation is 1. The van der Waals surface area contributed by atoms with Crippen LogP contribution in [0.1, 0.15) is 30.9 Å². The fourth-order valence-corrected chi connectivity index (χ4v) is 3.00. The smallest absolute Gasteiger partial charge is 0.310 e. The molecule has 0 amide bonds. The van der Waals surface area contributed by atoms with Crippen LogP contribution in [0.2, 0.25) is 0 Å². The lowest BCUT2D eigenvalue weighted by Crippen LogP contribution is -2.33. The number of carboxylic acids is 1. The van der Waals surface area contributed by atoms with Gasteiger partial charge >= 0.3 is 5.97 Å². The molecule has 1 fully saturated rings. The number of rotatable bonds is 5. The summed E-state index contributed by atoms with van der Waals surface area (Å²) in [5.41, 5.74) is 1.77. The van der Waals surface area contributed by atoms with Crippen LogP contribution >= 0.6 is 0 Å². The normalized spacial score (nSPS) is 22.9. The standard InChI is InChI=1S/C16H23NO3/c1-4-16(15(18)19)7-8-17(11-16)10-13-5-6-14(20-3)12(2)9-13/h5-6,9H,4,7-8,10-11H2,1-3H3,(H,18,19). The number of likely N-dealkylation sites (tertiary alicyclic amines) is 1. The largest absolute Gasteiger partial charge is 0.496 e. The van der Waals surface area contributed by atoms with Gasteiger partial charge in [0, 0.05) is 13.1 Å². The Morgan fingerprint density at radius 1 is 1.50 bits per heavy atom. The van der Waals surface area contributed by atoms with Crippen molar-refractivity contribution in [2.24, 2.45) is 5.41 Å². The van der Waals surface area contributed by atoms with E-state index in [1.165, 1.54) is 5.56 Å². The Kier molecular flexibility index (Phi) is 4.33. The van der Waals surface area contributed by atoms with Crippen molar-refractivity contribution >= 4 is 5.97 Å². The van der Waals surface area contributed by atoms with E-state index < -0.39 is 11.4 Å². The van der Waals surface area contributed by atoms with Crippen molar-refractivity contribution in [1.29, 1.82) is 0 Å². The molecule has 1 aliphatic rings.